The van der Waals surface area contributed by atoms with Gasteiger partial charge in [0.05, 0.1) is 12.0 Å². The highest BCUT2D eigenvalue weighted by atomic mass is 35.5. The third-order valence-electron chi connectivity index (χ3n) is 5.34. The first kappa shape index (κ1) is 22.4. The lowest BCUT2D eigenvalue weighted by Crippen LogP contribution is -2.40. The van der Waals surface area contributed by atoms with Crippen LogP contribution in [0.3, 0.4) is 0 Å². The number of rotatable bonds is 10. The van der Waals surface area contributed by atoms with Gasteiger partial charge in [-0.2, -0.15) is 0 Å². The van der Waals surface area contributed by atoms with Crippen LogP contribution in [0, 0.1) is 0 Å². The molecule has 0 aliphatic carbocycles. The number of alkyl halides is 1. The first-order valence-corrected chi connectivity index (χ1v) is 13.0. The highest BCUT2D eigenvalue weighted by Gasteiger charge is 2.40. The van der Waals surface area contributed by atoms with Crippen molar-refractivity contribution in [2.45, 2.75) is 109 Å². The Balaban J connectivity index is 2.07. The van der Waals surface area contributed by atoms with Gasteiger partial charge in [0, 0.05) is 6.61 Å². The van der Waals surface area contributed by atoms with Crippen LogP contribution in [0.4, 0.5) is 0 Å². The second kappa shape index (κ2) is 9.36. The van der Waals surface area contributed by atoms with Gasteiger partial charge in [0.2, 0.25) is 0 Å². The molecule has 1 saturated heterocycles. The summed E-state index contributed by atoms with van der Waals surface area (Å²) in [7, 11) is -1.57. The molecule has 1 rings (SSSR count). The van der Waals surface area contributed by atoms with E-state index >= 15 is 0 Å². The summed E-state index contributed by atoms with van der Waals surface area (Å²) in [6.45, 7) is 16.4. The third kappa shape index (κ3) is 7.33. The average Bonchev–Trinajstić information content (AvgIpc) is 2.74. The summed E-state index contributed by atoms with van der Waals surface area (Å²) in [6, 6.07) is 0. The van der Waals surface area contributed by atoms with Gasteiger partial charge < -0.3 is 13.9 Å². The molecular formula is C19H39ClO3Si. The Kier molecular flexibility index (Phi) is 8.75. The van der Waals surface area contributed by atoms with E-state index in [1.165, 1.54) is 32.1 Å². The Bertz CT molecular complexity index is 366. The zero-order valence-electron chi connectivity index (χ0n) is 16.9. The number of ether oxygens (including phenoxy) is 2. The van der Waals surface area contributed by atoms with Crippen LogP contribution in [-0.4, -0.2) is 38.8 Å². The minimum atomic E-state index is -1.57. The Morgan fingerprint density at radius 3 is 2.08 bits per heavy atom. The predicted molar refractivity (Wildman–Crippen MR) is 105 cm³/mol. The number of hydrogen-bond acceptors (Lipinski definition) is 3. The maximum atomic E-state index is 6.22. The normalized spacial score (nSPS) is 24.5. The highest BCUT2D eigenvalue weighted by Crippen LogP contribution is 2.36. The molecule has 1 aliphatic heterocycles. The molecule has 0 aromatic carbocycles. The quantitative estimate of drug-likeness (QED) is 0.261. The summed E-state index contributed by atoms with van der Waals surface area (Å²) in [5.74, 6) is 0.0319. The van der Waals surface area contributed by atoms with Crippen LogP contribution in [0.15, 0.2) is 0 Å². The van der Waals surface area contributed by atoms with Gasteiger partial charge in [0.25, 0.3) is 0 Å². The number of halogens is 1. The van der Waals surface area contributed by atoms with Crippen LogP contribution in [0.25, 0.3) is 0 Å². The maximum absolute atomic E-state index is 6.22. The summed E-state index contributed by atoms with van der Waals surface area (Å²) < 4.78 is 18.0. The molecule has 0 spiro atoms. The highest BCUT2D eigenvalue weighted by molar-refractivity contribution is 6.74. The fraction of sp³-hybridized carbons (Fsp3) is 1.00. The van der Waals surface area contributed by atoms with Crippen molar-refractivity contribution >= 4 is 19.9 Å². The number of unbranched alkanes of at least 4 members (excludes halogenated alkanes) is 4. The van der Waals surface area contributed by atoms with E-state index in [9.17, 15) is 0 Å². The second-order valence-corrected chi connectivity index (χ2v) is 14.1. The van der Waals surface area contributed by atoms with E-state index in [0.29, 0.717) is 10.9 Å². The van der Waals surface area contributed by atoms with E-state index in [1.54, 1.807) is 0 Å². The van der Waals surface area contributed by atoms with Gasteiger partial charge in [-0.1, -0.05) is 46.5 Å². The first-order chi connectivity index (χ1) is 11.0. The van der Waals surface area contributed by atoms with Gasteiger partial charge in [0.15, 0.2) is 14.1 Å². The van der Waals surface area contributed by atoms with Crippen LogP contribution in [0.5, 0.6) is 0 Å². The Morgan fingerprint density at radius 1 is 0.958 bits per heavy atom. The summed E-state index contributed by atoms with van der Waals surface area (Å²) in [4.78, 5) is 0. The van der Waals surface area contributed by atoms with E-state index in [2.05, 4.69) is 33.9 Å². The van der Waals surface area contributed by atoms with Crippen LogP contribution in [0.2, 0.25) is 18.1 Å². The van der Waals surface area contributed by atoms with Crippen molar-refractivity contribution in [3.05, 3.63) is 0 Å². The van der Waals surface area contributed by atoms with Gasteiger partial charge in [-0.05, 0) is 44.8 Å². The molecule has 0 aromatic rings. The third-order valence-corrected chi connectivity index (χ3v) is 10.2. The topological polar surface area (TPSA) is 27.7 Å². The lowest BCUT2D eigenvalue weighted by molar-refractivity contribution is -0.145. The molecule has 0 N–H and O–H groups in total. The monoisotopic (exact) mass is 378 g/mol. The SMILES string of the molecule is CC1(C)O[C@H](CCl)[C@@H](CCCCCCCO[Si](C)(C)C(C)(C)C)O1. The number of hydrogen-bond donors (Lipinski definition) is 0. The van der Waals surface area contributed by atoms with Crippen molar-refractivity contribution in [3.8, 4) is 0 Å². The van der Waals surface area contributed by atoms with Crippen LogP contribution in [0.1, 0.15) is 73.1 Å². The molecule has 1 heterocycles. The summed E-state index contributed by atoms with van der Waals surface area (Å²) in [6.07, 6.45) is 7.35. The fourth-order valence-corrected chi connectivity index (χ4v) is 4.16. The van der Waals surface area contributed by atoms with E-state index < -0.39 is 14.1 Å². The smallest absolute Gasteiger partial charge is 0.191 e. The Labute approximate surface area is 155 Å². The standard InChI is InChI=1S/C19H39ClO3Si/c1-18(2,3)24(6,7)21-14-12-10-8-9-11-13-16-17(15-20)23-19(4,5)22-16/h16-17H,8-15H2,1-7H3/t16-,17-/m1/s1. The largest absolute Gasteiger partial charge is 0.417 e. The zero-order valence-corrected chi connectivity index (χ0v) is 18.7. The van der Waals surface area contributed by atoms with Crippen molar-refractivity contribution in [2.24, 2.45) is 0 Å². The van der Waals surface area contributed by atoms with Gasteiger partial charge in [-0.15, -0.1) is 11.6 Å². The van der Waals surface area contributed by atoms with Crippen molar-refractivity contribution < 1.29 is 13.9 Å². The van der Waals surface area contributed by atoms with E-state index in [0.717, 1.165) is 13.0 Å². The van der Waals surface area contributed by atoms with E-state index in [-0.39, 0.29) is 12.2 Å². The van der Waals surface area contributed by atoms with Crippen molar-refractivity contribution in [1.82, 2.24) is 0 Å². The van der Waals surface area contributed by atoms with Gasteiger partial charge >= 0.3 is 0 Å². The van der Waals surface area contributed by atoms with Crippen LogP contribution in [-0.2, 0) is 13.9 Å². The molecule has 0 saturated carbocycles. The van der Waals surface area contributed by atoms with Crippen LogP contribution >= 0.6 is 11.6 Å². The molecule has 0 radical (unpaired) electrons. The Hall–Kier alpha value is 0.387. The van der Waals surface area contributed by atoms with Crippen molar-refractivity contribution in [1.29, 1.82) is 0 Å². The van der Waals surface area contributed by atoms with E-state index in [1.807, 2.05) is 13.8 Å². The second-order valence-electron chi connectivity index (χ2n) is 9.03. The van der Waals surface area contributed by atoms with Crippen molar-refractivity contribution in [2.75, 3.05) is 12.5 Å². The van der Waals surface area contributed by atoms with E-state index in [4.69, 9.17) is 25.5 Å². The maximum Gasteiger partial charge on any atom is 0.191 e. The van der Waals surface area contributed by atoms with Gasteiger partial charge in [0.1, 0.15) is 6.10 Å². The van der Waals surface area contributed by atoms with Crippen LogP contribution < -0.4 is 0 Å². The molecule has 3 nitrogen and oxygen atoms in total. The molecule has 0 aromatic heterocycles. The van der Waals surface area contributed by atoms with Gasteiger partial charge in [-0.25, -0.2) is 0 Å². The zero-order chi connectivity index (χ0) is 18.4. The lowest BCUT2D eigenvalue weighted by Gasteiger charge is -2.36. The molecule has 0 bridgehead atoms. The molecular weight excluding hydrogens is 340 g/mol. The average molecular weight is 379 g/mol. The fourth-order valence-electron chi connectivity index (χ4n) is 2.81. The summed E-state index contributed by atoms with van der Waals surface area (Å²) in [5.41, 5.74) is 0. The minimum absolute atomic E-state index is 0.0413. The first-order valence-electron chi connectivity index (χ1n) is 9.54. The molecule has 1 aliphatic rings. The molecule has 5 heteroatoms. The predicted octanol–water partition coefficient (Wildman–Crippen LogP) is 6.11. The Morgan fingerprint density at radius 2 is 1.50 bits per heavy atom. The molecule has 1 fully saturated rings. The minimum Gasteiger partial charge on any atom is -0.417 e. The van der Waals surface area contributed by atoms with Crippen molar-refractivity contribution in [3.63, 3.8) is 0 Å². The molecule has 144 valence electrons. The lowest BCUT2D eigenvalue weighted by atomic mass is 10.1. The molecule has 0 amide bonds. The molecule has 0 unspecified atom stereocenters. The molecule has 24 heavy (non-hydrogen) atoms. The molecule has 2 atom stereocenters. The van der Waals surface area contributed by atoms with Gasteiger partial charge in [-0.3, -0.25) is 0 Å². The summed E-state index contributed by atoms with van der Waals surface area (Å²) in [5, 5.41) is 0.309. The summed E-state index contributed by atoms with van der Waals surface area (Å²) >= 11 is 5.98.